The number of halogens is 1. The number of hydrogen-bond acceptors (Lipinski definition) is 5. The maximum Gasteiger partial charge on any atom is 0.242 e. The van der Waals surface area contributed by atoms with Crippen LogP contribution in [0.1, 0.15) is 43.9 Å². The number of aromatic nitrogens is 2. The maximum atomic E-state index is 12.8. The molecule has 2 amide bonds. The highest BCUT2D eigenvalue weighted by Gasteiger charge is 2.29. The van der Waals surface area contributed by atoms with E-state index in [9.17, 15) is 9.59 Å². The third-order valence-corrected chi connectivity index (χ3v) is 8.67. The van der Waals surface area contributed by atoms with E-state index in [1.807, 2.05) is 6.20 Å². The Bertz CT molecular complexity index is 970. The van der Waals surface area contributed by atoms with Crippen molar-refractivity contribution in [2.24, 2.45) is 11.8 Å². The number of allylic oxidation sites excluding steroid dienone is 1. The molecule has 2 unspecified atom stereocenters. The van der Waals surface area contributed by atoms with Gasteiger partial charge in [0.2, 0.25) is 17.8 Å². The highest BCUT2D eigenvalue weighted by atomic mass is 127. The van der Waals surface area contributed by atoms with Gasteiger partial charge in [-0.2, -0.15) is 0 Å². The lowest BCUT2D eigenvalue weighted by Gasteiger charge is -2.34. The number of anilines is 1. The average molecular weight is 547 g/mol. The van der Waals surface area contributed by atoms with E-state index in [0.29, 0.717) is 50.4 Å². The van der Waals surface area contributed by atoms with E-state index in [1.54, 1.807) is 4.90 Å². The Hall–Kier alpha value is -2.28. The van der Waals surface area contributed by atoms with Crippen LogP contribution in [-0.4, -0.2) is 61.3 Å². The molecule has 1 saturated carbocycles. The molecule has 1 aliphatic carbocycles. The number of nitrogens with zero attached hydrogens (tertiary/aromatic N) is 4. The van der Waals surface area contributed by atoms with Crippen LogP contribution >= 0.6 is 20.7 Å². The van der Waals surface area contributed by atoms with Crippen LogP contribution in [0.2, 0.25) is 0 Å². The fourth-order valence-electron chi connectivity index (χ4n) is 4.60. The van der Waals surface area contributed by atoms with Crippen LogP contribution in [0.3, 0.4) is 0 Å². The van der Waals surface area contributed by atoms with E-state index in [2.05, 4.69) is 30.4 Å². The van der Waals surface area contributed by atoms with Gasteiger partial charge in [-0.05, 0) is 39.2 Å². The molecule has 1 N–H and O–H groups in total. The van der Waals surface area contributed by atoms with Gasteiger partial charge >= 0.3 is 0 Å². The van der Waals surface area contributed by atoms with Crippen LogP contribution in [-0.2, 0) is 22.6 Å². The molecule has 3 heterocycles. The molecule has 0 aromatic carbocycles. The van der Waals surface area contributed by atoms with Crippen molar-refractivity contribution in [3.8, 4) is 12.3 Å². The number of amides is 2. The SMILES string of the molecule is C#CCCN(CC(=O)N1CCc2nc(NC3CCC4C=IC=C[C@H]4C3)ncc2C1)C(C)=O. The topological polar surface area (TPSA) is 78.4 Å². The Morgan fingerprint density at radius 2 is 2.25 bits per heavy atom. The molecule has 7 nitrogen and oxygen atoms in total. The van der Waals surface area contributed by atoms with Crippen LogP contribution in [0.25, 0.3) is 0 Å². The molecular formula is C24H30IN5O2. The molecular weight excluding hydrogens is 517 g/mol. The zero-order valence-corrected chi connectivity index (χ0v) is 20.6. The zero-order valence-electron chi connectivity index (χ0n) is 18.5. The summed E-state index contributed by atoms with van der Waals surface area (Å²) in [7, 11) is 0. The minimum Gasteiger partial charge on any atom is -0.351 e. The fourth-order valence-corrected chi connectivity index (χ4v) is 7.04. The smallest absolute Gasteiger partial charge is 0.242 e. The quantitative estimate of drug-likeness (QED) is 0.438. The normalized spacial score (nSPS) is 23.9. The van der Waals surface area contributed by atoms with E-state index in [4.69, 9.17) is 11.4 Å². The number of rotatable bonds is 6. The van der Waals surface area contributed by atoms with Crippen molar-refractivity contribution < 1.29 is 9.59 Å². The first kappa shape index (κ1) is 22.9. The minimum absolute atomic E-state index is 0.0600. The molecule has 170 valence electrons. The highest BCUT2D eigenvalue weighted by molar-refractivity contribution is 14.2. The van der Waals surface area contributed by atoms with Gasteiger partial charge in [0.05, 0.1) is 12.2 Å². The standard InChI is InChI=1S/C24H30IN5O2/c1-3-4-10-29(17(2)31)16-23(32)30-11-8-22-20(15-30)14-26-24(28-22)27-21-6-5-19-13-25-9-7-18(19)12-21/h1,7,9,13-14,18-19,21H,4-6,8,10-12,15-16H2,2H3,(H,26,27,28)/t18-,19?,21?/m0/s1. The summed E-state index contributed by atoms with van der Waals surface area (Å²) in [5.74, 6) is 4.43. The van der Waals surface area contributed by atoms with Crippen LogP contribution in [0.15, 0.2) is 16.4 Å². The van der Waals surface area contributed by atoms with E-state index in [1.165, 1.54) is 18.2 Å². The summed E-state index contributed by atoms with van der Waals surface area (Å²) in [5.41, 5.74) is 1.98. The molecule has 8 heteroatoms. The lowest BCUT2D eigenvalue weighted by molar-refractivity contribution is -0.140. The highest BCUT2D eigenvalue weighted by Crippen LogP contribution is 2.35. The summed E-state index contributed by atoms with van der Waals surface area (Å²) < 4.78 is 4.95. The molecule has 1 aromatic rings. The summed E-state index contributed by atoms with van der Waals surface area (Å²) in [5, 5.41) is 3.55. The van der Waals surface area contributed by atoms with Crippen LogP contribution in [0.5, 0.6) is 0 Å². The first-order valence-corrected chi connectivity index (χ1v) is 13.7. The molecule has 1 fully saturated rings. The second kappa shape index (κ2) is 10.6. The third-order valence-electron chi connectivity index (χ3n) is 6.50. The van der Waals surface area contributed by atoms with Crippen molar-refractivity contribution in [2.75, 3.05) is 25.0 Å². The molecule has 1 aromatic heterocycles. The van der Waals surface area contributed by atoms with Crippen LogP contribution in [0.4, 0.5) is 5.95 Å². The van der Waals surface area contributed by atoms with E-state index < -0.39 is 0 Å². The largest absolute Gasteiger partial charge is 0.351 e. The van der Waals surface area contributed by atoms with Crippen LogP contribution < -0.4 is 5.32 Å². The summed E-state index contributed by atoms with van der Waals surface area (Å²) in [6.45, 7) is 3.00. The van der Waals surface area contributed by atoms with E-state index in [-0.39, 0.29) is 39.1 Å². The van der Waals surface area contributed by atoms with Gasteiger partial charge in [0.25, 0.3) is 0 Å². The monoisotopic (exact) mass is 547 g/mol. The Balaban J connectivity index is 1.33. The van der Waals surface area contributed by atoms with Gasteiger partial charge < -0.3 is 15.1 Å². The van der Waals surface area contributed by atoms with Crippen molar-refractivity contribution in [3.63, 3.8) is 0 Å². The number of nitrogens with one attached hydrogen (secondary N) is 1. The second-order valence-electron chi connectivity index (χ2n) is 8.68. The summed E-state index contributed by atoms with van der Waals surface area (Å²) in [4.78, 5) is 37.2. The Morgan fingerprint density at radius 3 is 3.06 bits per heavy atom. The molecule has 32 heavy (non-hydrogen) atoms. The van der Waals surface area contributed by atoms with E-state index in [0.717, 1.165) is 30.0 Å². The van der Waals surface area contributed by atoms with Crippen molar-refractivity contribution in [1.82, 2.24) is 19.8 Å². The van der Waals surface area contributed by atoms with Gasteiger partial charge in [0, 0.05) is 57.2 Å². The molecule has 0 saturated heterocycles. The molecule has 0 radical (unpaired) electrons. The van der Waals surface area contributed by atoms with Gasteiger partial charge in [-0.3, -0.25) is 9.59 Å². The molecule has 4 rings (SSSR count). The molecule has 3 atom stereocenters. The molecule has 0 bridgehead atoms. The van der Waals surface area contributed by atoms with Gasteiger partial charge in [-0.25, -0.2) is 9.97 Å². The Morgan fingerprint density at radius 1 is 1.38 bits per heavy atom. The van der Waals surface area contributed by atoms with Gasteiger partial charge in [0.1, 0.15) is 0 Å². The van der Waals surface area contributed by atoms with Gasteiger partial charge in [0.15, 0.2) is 0 Å². The summed E-state index contributed by atoms with van der Waals surface area (Å²) in [6.07, 6.45) is 14.2. The Labute approximate surface area is 199 Å². The second-order valence-corrected chi connectivity index (χ2v) is 10.8. The van der Waals surface area contributed by atoms with Crippen molar-refractivity contribution in [3.05, 3.63) is 27.6 Å². The molecule has 2 aliphatic heterocycles. The van der Waals surface area contributed by atoms with Crippen LogP contribution in [0, 0.1) is 24.2 Å². The van der Waals surface area contributed by atoms with E-state index >= 15 is 0 Å². The average Bonchev–Trinajstić information content (AvgIpc) is 2.81. The first-order chi connectivity index (χ1) is 15.5. The Kier molecular flexibility index (Phi) is 7.55. The fraction of sp³-hybridized carbons (Fsp3) is 0.542. The molecule has 0 spiro atoms. The van der Waals surface area contributed by atoms with Crippen molar-refractivity contribution >= 4 is 42.5 Å². The predicted octanol–water partition coefficient (Wildman–Crippen LogP) is 2.73. The zero-order chi connectivity index (χ0) is 22.5. The number of fused-ring (bicyclic) bond motifs is 2. The lowest BCUT2D eigenvalue weighted by Crippen LogP contribution is -2.44. The number of hydrogen-bond donors (Lipinski definition) is 1. The van der Waals surface area contributed by atoms with Crippen molar-refractivity contribution in [2.45, 2.75) is 51.6 Å². The maximum absolute atomic E-state index is 12.8. The van der Waals surface area contributed by atoms with Gasteiger partial charge in [-0.15, -0.1) is 12.3 Å². The first-order valence-electron chi connectivity index (χ1n) is 11.2. The predicted molar refractivity (Wildman–Crippen MR) is 134 cm³/mol. The number of carbonyl (C=O) groups excluding carboxylic acids is 2. The molecule has 3 aliphatic rings. The summed E-state index contributed by atoms with van der Waals surface area (Å²) in [6, 6.07) is 0.408. The number of terminal acetylenes is 1. The lowest BCUT2D eigenvalue weighted by atomic mass is 9.78. The van der Waals surface area contributed by atoms with Crippen molar-refractivity contribution in [1.29, 1.82) is 0 Å². The minimum atomic E-state index is -0.137. The summed E-state index contributed by atoms with van der Waals surface area (Å²) >= 11 is 0.173. The van der Waals surface area contributed by atoms with Gasteiger partial charge in [-0.1, -0.05) is 26.8 Å². The third kappa shape index (κ3) is 5.55. The number of carbonyl (C=O) groups is 2.